The number of carbonyl (C=O) groups excluding carboxylic acids is 2. The van der Waals surface area contributed by atoms with Crippen molar-refractivity contribution >= 4 is 40.0 Å². The lowest BCUT2D eigenvalue weighted by atomic mass is 10.1. The number of rotatable bonds is 9. The highest BCUT2D eigenvalue weighted by atomic mass is 32.2. The first-order chi connectivity index (χ1) is 12.7. The summed E-state index contributed by atoms with van der Waals surface area (Å²) >= 11 is 2.74. The summed E-state index contributed by atoms with van der Waals surface area (Å²) < 4.78 is 0.716. The van der Waals surface area contributed by atoms with Crippen molar-refractivity contribution in [3.05, 3.63) is 35.9 Å². The quantitative estimate of drug-likeness (QED) is 0.526. The van der Waals surface area contributed by atoms with Gasteiger partial charge in [0.1, 0.15) is 0 Å². The van der Waals surface area contributed by atoms with Crippen molar-refractivity contribution in [3.8, 4) is 0 Å². The normalized spacial score (nSPS) is 13.4. The number of anilines is 1. The highest BCUT2D eigenvalue weighted by molar-refractivity contribution is 8.01. The fourth-order valence-corrected chi connectivity index (χ4v) is 4.26. The summed E-state index contributed by atoms with van der Waals surface area (Å²) in [7, 11) is 0. The fourth-order valence-electron chi connectivity index (χ4n) is 2.50. The summed E-state index contributed by atoms with van der Waals surface area (Å²) in [5.74, 6) is 0.361. The molecule has 0 spiro atoms. The van der Waals surface area contributed by atoms with Crippen LogP contribution in [0.5, 0.6) is 0 Å². The van der Waals surface area contributed by atoms with Gasteiger partial charge in [-0.3, -0.25) is 14.5 Å². The second-order valence-corrected chi connectivity index (χ2v) is 8.25. The molecule has 0 aliphatic heterocycles. The van der Waals surface area contributed by atoms with Gasteiger partial charge in [-0.2, -0.15) is 0 Å². The van der Waals surface area contributed by atoms with Crippen LogP contribution in [0.1, 0.15) is 31.7 Å². The SMILES string of the molecule is CCC(=O)N(c1nnc(SCC(=O)NCCc2ccccc2)s1)C1CC1. The highest BCUT2D eigenvalue weighted by Gasteiger charge is 2.35. The van der Waals surface area contributed by atoms with Crippen molar-refractivity contribution < 1.29 is 9.59 Å². The second-order valence-electron chi connectivity index (χ2n) is 6.07. The van der Waals surface area contributed by atoms with Crippen LogP contribution >= 0.6 is 23.1 Å². The van der Waals surface area contributed by atoms with Crippen LogP contribution in [-0.4, -0.2) is 40.4 Å². The first kappa shape index (κ1) is 18.8. The Balaban J connectivity index is 1.44. The Labute approximate surface area is 161 Å². The van der Waals surface area contributed by atoms with Gasteiger partial charge in [0.25, 0.3) is 0 Å². The predicted octanol–water partition coefficient (Wildman–Crippen LogP) is 2.89. The van der Waals surface area contributed by atoms with E-state index in [9.17, 15) is 9.59 Å². The van der Waals surface area contributed by atoms with Gasteiger partial charge in [-0.1, -0.05) is 60.4 Å². The molecule has 8 heteroatoms. The lowest BCUT2D eigenvalue weighted by Gasteiger charge is -2.17. The number of amides is 2. The van der Waals surface area contributed by atoms with Gasteiger partial charge in [-0.25, -0.2) is 0 Å². The van der Waals surface area contributed by atoms with E-state index in [1.165, 1.54) is 28.7 Å². The second kappa shape index (κ2) is 9.14. The molecule has 1 aromatic heterocycles. The summed E-state index contributed by atoms with van der Waals surface area (Å²) in [6.07, 6.45) is 3.33. The maximum absolute atomic E-state index is 12.1. The number of thioether (sulfide) groups is 1. The molecule has 1 aliphatic carbocycles. The minimum absolute atomic E-state index is 0.0219. The summed E-state index contributed by atoms with van der Waals surface area (Å²) in [4.78, 5) is 25.8. The Morgan fingerprint density at radius 1 is 1.27 bits per heavy atom. The molecule has 6 nitrogen and oxygen atoms in total. The molecule has 1 aliphatic rings. The van der Waals surface area contributed by atoms with Gasteiger partial charge >= 0.3 is 0 Å². The van der Waals surface area contributed by atoms with E-state index < -0.39 is 0 Å². The maximum Gasteiger partial charge on any atom is 0.230 e. The van der Waals surface area contributed by atoms with Gasteiger partial charge in [0, 0.05) is 19.0 Å². The standard InChI is InChI=1S/C18H22N4O2S2/c1-2-16(24)22(14-8-9-14)17-20-21-18(26-17)25-12-15(23)19-11-10-13-6-4-3-5-7-13/h3-7,14H,2,8-12H2,1H3,(H,19,23). The predicted molar refractivity (Wildman–Crippen MR) is 105 cm³/mol. The summed E-state index contributed by atoms with van der Waals surface area (Å²) in [5, 5.41) is 11.8. The average molecular weight is 391 g/mol. The molecule has 3 rings (SSSR count). The van der Waals surface area contributed by atoms with E-state index in [4.69, 9.17) is 0 Å². The molecule has 26 heavy (non-hydrogen) atoms. The Morgan fingerprint density at radius 2 is 2.04 bits per heavy atom. The van der Waals surface area contributed by atoms with Gasteiger partial charge < -0.3 is 5.32 Å². The number of benzene rings is 1. The van der Waals surface area contributed by atoms with Crippen molar-refractivity contribution in [1.29, 1.82) is 0 Å². The lowest BCUT2D eigenvalue weighted by Crippen LogP contribution is -2.32. The molecular weight excluding hydrogens is 368 g/mol. The van der Waals surface area contributed by atoms with Crippen molar-refractivity contribution in [3.63, 3.8) is 0 Å². The molecule has 2 amide bonds. The number of carbonyl (C=O) groups is 2. The fraction of sp³-hybridized carbons (Fsp3) is 0.444. The third kappa shape index (κ3) is 5.28. The van der Waals surface area contributed by atoms with Crippen molar-refractivity contribution in [2.24, 2.45) is 0 Å². The Bertz CT molecular complexity index is 747. The Hall–Kier alpha value is -1.93. The van der Waals surface area contributed by atoms with Crippen molar-refractivity contribution in [2.75, 3.05) is 17.2 Å². The summed E-state index contributed by atoms with van der Waals surface area (Å²) in [6.45, 7) is 2.47. The third-order valence-corrected chi connectivity index (χ3v) is 6.05. The number of aromatic nitrogens is 2. The highest BCUT2D eigenvalue weighted by Crippen LogP contribution is 2.36. The molecule has 1 N–H and O–H groups in total. The van der Waals surface area contributed by atoms with Gasteiger partial charge in [-0.15, -0.1) is 10.2 Å². The smallest absolute Gasteiger partial charge is 0.230 e. The van der Waals surface area contributed by atoms with E-state index in [2.05, 4.69) is 15.5 Å². The number of nitrogens with zero attached hydrogens (tertiary/aromatic N) is 3. The zero-order chi connectivity index (χ0) is 18.4. The monoisotopic (exact) mass is 390 g/mol. The van der Waals surface area contributed by atoms with Crippen molar-refractivity contribution in [2.45, 2.75) is 43.0 Å². The molecule has 138 valence electrons. The number of hydrogen-bond acceptors (Lipinski definition) is 6. The van der Waals surface area contributed by atoms with E-state index in [1.54, 1.807) is 4.90 Å². The van der Waals surface area contributed by atoms with E-state index in [0.717, 1.165) is 19.3 Å². The Morgan fingerprint density at radius 3 is 2.73 bits per heavy atom. The largest absolute Gasteiger partial charge is 0.355 e. The van der Waals surface area contributed by atoms with E-state index in [1.807, 2.05) is 37.3 Å². The number of hydrogen-bond donors (Lipinski definition) is 1. The molecular formula is C18H22N4O2S2. The first-order valence-electron chi connectivity index (χ1n) is 8.76. The zero-order valence-electron chi connectivity index (χ0n) is 14.7. The van der Waals surface area contributed by atoms with Crippen LogP contribution in [0.15, 0.2) is 34.7 Å². The maximum atomic E-state index is 12.1. The summed E-state index contributed by atoms with van der Waals surface area (Å²) in [6, 6.07) is 10.3. The van der Waals surface area contributed by atoms with Crippen LogP contribution in [0.3, 0.4) is 0 Å². The molecule has 0 unspecified atom stereocenters. The zero-order valence-corrected chi connectivity index (χ0v) is 16.3. The van der Waals surface area contributed by atoms with Crippen LogP contribution in [0.4, 0.5) is 5.13 Å². The Kier molecular flexibility index (Phi) is 6.62. The van der Waals surface area contributed by atoms with Crippen LogP contribution in [-0.2, 0) is 16.0 Å². The molecule has 1 fully saturated rings. The third-order valence-electron chi connectivity index (χ3n) is 3.99. The van der Waals surface area contributed by atoms with Crippen LogP contribution in [0, 0.1) is 0 Å². The lowest BCUT2D eigenvalue weighted by molar-refractivity contribution is -0.119. The molecule has 0 atom stereocenters. The molecule has 1 aromatic carbocycles. The minimum Gasteiger partial charge on any atom is -0.355 e. The summed E-state index contributed by atoms with van der Waals surface area (Å²) in [5.41, 5.74) is 1.20. The molecule has 0 radical (unpaired) electrons. The van der Waals surface area contributed by atoms with Gasteiger partial charge in [0.05, 0.1) is 5.75 Å². The van der Waals surface area contributed by atoms with Crippen LogP contribution in [0.2, 0.25) is 0 Å². The average Bonchev–Trinajstić information content (AvgIpc) is 3.38. The van der Waals surface area contributed by atoms with E-state index >= 15 is 0 Å². The molecule has 1 heterocycles. The molecule has 1 saturated carbocycles. The first-order valence-corrected chi connectivity index (χ1v) is 10.6. The van der Waals surface area contributed by atoms with Gasteiger partial charge in [0.15, 0.2) is 4.34 Å². The molecule has 0 saturated heterocycles. The minimum atomic E-state index is -0.0219. The van der Waals surface area contributed by atoms with Gasteiger partial charge in [0.2, 0.25) is 16.9 Å². The van der Waals surface area contributed by atoms with Crippen LogP contribution < -0.4 is 10.2 Å². The van der Waals surface area contributed by atoms with Gasteiger partial charge in [-0.05, 0) is 24.8 Å². The number of nitrogens with one attached hydrogen (secondary N) is 1. The van der Waals surface area contributed by atoms with Crippen LogP contribution in [0.25, 0.3) is 0 Å². The van der Waals surface area contributed by atoms with E-state index in [-0.39, 0.29) is 17.9 Å². The van der Waals surface area contributed by atoms with Crippen molar-refractivity contribution in [1.82, 2.24) is 15.5 Å². The van der Waals surface area contributed by atoms with E-state index in [0.29, 0.717) is 28.2 Å². The molecule has 0 bridgehead atoms. The molecule has 2 aromatic rings. The topological polar surface area (TPSA) is 75.2 Å².